The predicted octanol–water partition coefficient (Wildman–Crippen LogP) is 23.9. The van der Waals surface area contributed by atoms with Crippen molar-refractivity contribution in [3.63, 3.8) is 0 Å². The Morgan fingerprint density at radius 3 is 0.816 bits per heavy atom. The average molecular weight is 1010 g/mol. The molecule has 0 unspecified atom stereocenters. The van der Waals surface area contributed by atoms with Crippen LogP contribution in [0, 0.1) is 0 Å². The second-order valence-electron chi connectivity index (χ2n) is 24.9. The van der Waals surface area contributed by atoms with Crippen LogP contribution in [0.1, 0.15) is 253 Å². The van der Waals surface area contributed by atoms with Crippen LogP contribution in [0.3, 0.4) is 0 Å². The zero-order chi connectivity index (χ0) is 54.5. The molecule has 0 aliphatic carbocycles. The minimum absolute atomic E-state index is 0.352. The zero-order valence-corrected chi connectivity index (χ0v) is 50.3. The van der Waals surface area contributed by atoms with Crippen molar-refractivity contribution < 1.29 is 0 Å². The Morgan fingerprint density at radius 1 is 0.276 bits per heavy atom. The van der Waals surface area contributed by atoms with Crippen LogP contribution >= 0.6 is 0 Å². The predicted molar refractivity (Wildman–Crippen MR) is 340 cm³/mol. The van der Waals surface area contributed by atoms with E-state index in [1.54, 1.807) is 0 Å². The Kier molecular flexibility index (Phi) is 18.6. The maximum Gasteiger partial charge on any atom is -0.00923 e. The van der Waals surface area contributed by atoms with Gasteiger partial charge in [-0.1, -0.05) is 221 Å². The zero-order valence-electron chi connectivity index (χ0n) is 50.3. The highest BCUT2D eigenvalue weighted by Gasteiger charge is 2.26. The summed E-state index contributed by atoms with van der Waals surface area (Å²) in [7, 11) is 0. The van der Waals surface area contributed by atoms with E-state index in [1.165, 1.54) is 184 Å². The number of benzene rings is 8. The fourth-order valence-electron chi connectivity index (χ4n) is 12.7. The first-order chi connectivity index (χ1) is 36.5. The monoisotopic (exact) mass is 1010 g/mol. The van der Waals surface area contributed by atoms with Gasteiger partial charge in [0.2, 0.25) is 0 Å². The third-order valence-corrected chi connectivity index (χ3v) is 17.1. The van der Waals surface area contributed by atoms with Gasteiger partial charge in [-0.3, -0.25) is 0 Å². The van der Waals surface area contributed by atoms with Gasteiger partial charge in [-0.2, -0.15) is 0 Å². The molecule has 8 aromatic carbocycles. The summed E-state index contributed by atoms with van der Waals surface area (Å²) >= 11 is 0. The molecule has 0 N–H and O–H groups in total. The van der Waals surface area contributed by atoms with Crippen LogP contribution in [0.15, 0.2) is 109 Å². The molecule has 0 atom stereocenters. The molecule has 76 heavy (non-hydrogen) atoms. The summed E-state index contributed by atoms with van der Waals surface area (Å²) in [6.07, 6.45) is 14.0. The van der Waals surface area contributed by atoms with Gasteiger partial charge in [0.1, 0.15) is 0 Å². The van der Waals surface area contributed by atoms with Gasteiger partial charge in [0, 0.05) is 0 Å². The lowest BCUT2D eigenvalue weighted by Gasteiger charge is -2.27. The first-order valence-electron chi connectivity index (χ1n) is 30.6. The van der Waals surface area contributed by atoms with E-state index in [0.29, 0.717) is 35.5 Å². The van der Waals surface area contributed by atoms with Gasteiger partial charge in [0.25, 0.3) is 0 Å². The topological polar surface area (TPSA) is 0 Å². The van der Waals surface area contributed by atoms with Crippen molar-refractivity contribution in [1.82, 2.24) is 0 Å². The Morgan fingerprint density at radius 2 is 0.566 bits per heavy atom. The molecule has 8 rings (SSSR count). The Balaban J connectivity index is 1.61. The third-order valence-electron chi connectivity index (χ3n) is 17.1. The summed E-state index contributed by atoms with van der Waals surface area (Å²) in [6, 6.07) is 45.4. The van der Waals surface area contributed by atoms with E-state index in [4.69, 9.17) is 0 Å². The largest absolute Gasteiger partial charge is 0.0654 e. The number of rotatable bonds is 22. The van der Waals surface area contributed by atoms with Crippen molar-refractivity contribution >= 4 is 32.3 Å². The van der Waals surface area contributed by atoms with Gasteiger partial charge >= 0.3 is 0 Å². The quantitative estimate of drug-likeness (QED) is 0.0594. The molecule has 0 saturated carbocycles. The lowest BCUT2D eigenvalue weighted by molar-refractivity contribution is 0.782. The SMILES string of the molecule is CCCCc1cccc(CCCC)c1-c1ccc2c(c1)c(-c1c(C(C)C)cc(C(C)C)cc1C(C)C)cc1c3ccc(-c4c(CCCC)cccc4CCCC)cc3c(-c3c(C(C)C)cc(C(C)C)cc3C(C)C)cc21. The number of aryl methyl sites for hydroxylation is 4. The van der Waals surface area contributed by atoms with Gasteiger partial charge in [-0.15, -0.1) is 0 Å². The Hall–Kier alpha value is -5.46. The number of unbranched alkanes of at least 4 members (excludes halogenated alkanes) is 4. The normalized spacial score (nSPS) is 12.2. The molecule has 0 heteroatoms. The van der Waals surface area contributed by atoms with Crippen LogP contribution in [0.4, 0.5) is 0 Å². The van der Waals surface area contributed by atoms with Crippen LogP contribution in [-0.4, -0.2) is 0 Å². The first-order valence-corrected chi connectivity index (χ1v) is 30.6. The molecule has 0 nitrogen and oxygen atoms in total. The van der Waals surface area contributed by atoms with Gasteiger partial charge in [0.15, 0.2) is 0 Å². The number of hydrogen-bond donors (Lipinski definition) is 0. The lowest BCUT2D eigenvalue weighted by atomic mass is 9.77. The van der Waals surface area contributed by atoms with E-state index in [2.05, 4.69) is 220 Å². The van der Waals surface area contributed by atoms with Crippen LogP contribution < -0.4 is 0 Å². The summed E-state index contributed by atoms with van der Waals surface area (Å²) in [6.45, 7) is 38.2. The van der Waals surface area contributed by atoms with Crippen molar-refractivity contribution in [3.05, 3.63) is 165 Å². The number of fused-ring (bicyclic) bond motifs is 5. The molecule has 0 aliphatic rings. The van der Waals surface area contributed by atoms with Crippen molar-refractivity contribution in [2.45, 2.75) is 223 Å². The van der Waals surface area contributed by atoms with E-state index in [1.807, 2.05) is 0 Å². The third kappa shape index (κ3) is 11.5. The highest BCUT2D eigenvalue weighted by molar-refractivity contribution is 6.25. The summed E-state index contributed by atoms with van der Waals surface area (Å²) < 4.78 is 0. The molecule has 0 radical (unpaired) electrons. The van der Waals surface area contributed by atoms with Gasteiger partial charge in [0.05, 0.1) is 0 Å². The molecule has 0 spiro atoms. The standard InChI is InChI=1S/C76H96/c1-17-21-27-53-31-25-32-54(28-22-18-2)73(53)57-35-37-61-67(39-57)71(75-63(49(9)10)41-59(47(5)6)42-64(75)50(11)12)45-70-62-38-36-58(74-55(29-23-19-3)33-26-34-56(74)30-24-20-4)40-68(62)72(46-69(61)70)76-65(51(13)14)43-60(48(7)8)44-66(76)52(15)16/h25-26,31-52H,17-24,27-30H2,1-16H3. The lowest BCUT2D eigenvalue weighted by Crippen LogP contribution is -2.05. The van der Waals surface area contributed by atoms with E-state index < -0.39 is 0 Å². The smallest absolute Gasteiger partial charge is 0.00923 e. The second kappa shape index (κ2) is 24.9. The summed E-state index contributed by atoms with van der Waals surface area (Å²) in [5.74, 6) is 2.29. The van der Waals surface area contributed by atoms with E-state index >= 15 is 0 Å². The summed E-state index contributed by atoms with van der Waals surface area (Å²) in [5, 5.41) is 8.15. The van der Waals surface area contributed by atoms with E-state index in [0.717, 1.165) is 25.7 Å². The Bertz CT molecular complexity index is 2970. The average Bonchev–Trinajstić information content (AvgIpc) is 3.44. The van der Waals surface area contributed by atoms with Crippen molar-refractivity contribution in [1.29, 1.82) is 0 Å². The van der Waals surface area contributed by atoms with Gasteiger partial charge < -0.3 is 0 Å². The van der Waals surface area contributed by atoms with Crippen LogP contribution in [0.25, 0.3) is 76.8 Å². The summed E-state index contributed by atoms with van der Waals surface area (Å²) in [4.78, 5) is 0. The van der Waals surface area contributed by atoms with E-state index in [9.17, 15) is 0 Å². The first kappa shape index (κ1) is 56.7. The fourth-order valence-corrected chi connectivity index (χ4v) is 12.7. The molecule has 0 heterocycles. The van der Waals surface area contributed by atoms with E-state index in [-0.39, 0.29) is 0 Å². The highest BCUT2D eigenvalue weighted by atomic mass is 14.3. The molecule has 0 aromatic heterocycles. The molecule has 0 aliphatic heterocycles. The fraction of sp³-hybridized carbons (Fsp3) is 0.447. The minimum atomic E-state index is 0.352. The maximum atomic E-state index is 2.67. The Labute approximate surface area is 462 Å². The second-order valence-corrected chi connectivity index (χ2v) is 24.9. The minimum Gasteiger partial charge on any atom is -0.0654 e. The molecule has 0 amide bonds. The van der Waals surface area contributed by atoms with Gasteiger partial charge in [-0.05, 0) is 244 Å². The molecule has 8 aromatic rings. The maximum absolute atomic E-state index is 2.67. The number of hydrogen-bond acceptors (Lipinski definition) is 0. The van der Waals surface area contributed by atoms with Crippen LogP contribution in [0.2, 0.25) is 0 Å². The van der Waals surface area contributed by atoms with Crippen molar-refractivity contribution in [2.24, 2.45) is 0 Å². The molecule has 400 valence electrons. The molecular formula is C76H96. The molecular weight excluding hydrogens is 913 g/mol. The summed E-state index contributed by atoms with van der Waals surface area (Å²) in [5.41, 5.74) is 26.0. The molecule has 0 saturated heterocycles. The molecule has 0 bridgehead atoms. The molecule has 0 fully saturated rings. The van der Waals surface area contributed by atoms with Crippen LogP contribution in [0.5, 0.6) is 0 Å². The van der Waals surface area contributed by atoms with Crippen molar-refractivity contribution in [3.8, 4) is 44.5 Å². The van der Waals surface area contributed by atoms with Gasteiger partial charge in [-0.25, -0.2) is 0 Å². The van der Waals surface area contributed by atoms with Crippen molar-refractivity contribution in [2.75, 3.05) is 0 Å². The highest BCUT2D eigenvalue weighted by Crippen LogP contribution is 2.50. The van der Waals surface area contributed by atoms with Crippen LogP contribution in [-0.2, 0) is 25.7 Å².